The first kappa shape index (κ1) is 21.4. The molecule has 2 atom stereocenters. The Hall–Kier alpha value is -1.44. The van der Waals surface area contributed by atoms with Crippen LogP contribution in [0.3, 0.4) is 0 Å². The van der Waals surface area contributed by atoms with Crippen LogP contribution in [0.15, 0.2) is 29.2 Å². The largest absolute Gasteiger partial charge is 0.377 e. The Bertz CT molecular complexity index is 903. The minimum absolute atomic E-state index is 0.0672. The second kappa shape index (κ2) is 8.16. The molecule has 1 heterocycles. The minimum Gasteiger partial charge on any atom is -0.377 e. The molecule has 0 aromatic heterocycles. The molecule has 6 nitrogen and oxygen atoms in total. The summed E-state index contributed by atoms with van der Waals surface area (Å²) in [6.45, 7) is 3.10. The quantitative estimate of drug-likeness (QED) is 0.672. The minimum atomic E-state index is -3.68. The summed E-state index contributed by atoms with van der Waals surface area (Å²) in [5.41, 5.74) is 0.619. The highest BCUT2D eigenvalue weighted by Crippen LogP contribution is 2.61. The summed E-state index contributed by atoms with van der Waals surface area (Å²) >= 11 is 0. The molecule has 31 heavy (non-hydrogen) atoms. The summed E-state index contributed by atoms with van der Waals surface area (Å²) in [5.74, 6) is 2.30. The number of sulfonamides is 1. The van der Waals surface area contributed by atoms with Crippen molar-refractivity contribution < 1.29 is 17.9 Å². The van der Waals surface area contributed by atoms with Gasteiger partial charge < -0.3 is 10.1 Å². The lowest BCUT2D eigenvalue weighted by atomic mass is 9.48. The van der Waals surface area contributed by atoms with Gasteiger partial charge in [0.1, 0.15) is 0 Å². The number of hydrogen-bond acceptors (Lipinski definition) is 4. The maximum absolute atomic E-state index is 13.0. The number of amides is 1. The van der Waals surface area contributed by atoms with Gasteiger partial charge in [0.2, 0.25) is 10.0 Å². The van der Waals surface area contributed by atoms with E-state index in [9.17, 15) is 13.2 Å². The van der Waals surface area contributed by atoms with E-state index >= 15 is 0 Å². The van der Waals surface area contributed by atoms with E-state index in [1.807, 2.05) is 0 Å². The number of rotatable bonds is 7. The van der Waals surface area contributed by atoms with E-state index in [4.69, 9.17) is 4.74 Å². The number of carbonyl (C=O) groups is 1. The van der Waals surface area contributed by atoms with Gasteiger partial charge in [0.15, 0.2) is 0 Å². The average molecular weight is 447 g/mol. The van der Waals surface area contributed by atoms with E-state index < -0.39 is 10.0 Å². The topological polar surface area (TPSA) is 84.5 Å². The molecule has 2 N–H and O–H groups in total. The van der Waals surface area contributed by atoms with Crippen LogP contribution in [-0.4, -0.2) is 39.6 Å². The Morgan fingerprint density at radius 1 is 1.16 bits per heavy atom. The van der Waals surface area contributed by atoms with Crippen LogP contribution < -0.4 is 10.0 Å². The van der Waals surface area contributed by atoms with E-state index in [0.717, 1.165) is 30.6 Å². The number of carbonyl (C=O) groups excluding carboxylic acids is 1. The Balaban J connectivity index is 1.26. The summed E-state index contributed by atoms with van der Waals surface area (Å²) < 4.78 is 33.6. The fourth-order valence-corrected chi connectivity index (χ4v) is 8.15. The molecule has 5 aliphatic rings. The molecule has 1 aliphatic heterocycles. The third-order valence-corrected chi connectivity index (χ3v) is 9.70. The molecule has 6 rings (SSSR count). The fraction of sp³-hybridized carbons (Fsp3) is 0.708. The van der Waals surface area contributed by atoms with Crippen LogP contribution in [0, 0.1) is 23.2 Å². The van der Waals surface area contributed by atoms with Gasteiger partial charge in [-0.05, 0) is 99.7 Å². The molecule has 4 bridgehead atoms. The molecule has 4 aliphatic carbocycles. The molecule has 0 radical (unpaired) electrons. The van der Waals surface area contributed by atoms with Crippen LogP contribution in [0.1, 0.15) is 68.6 Å². The van der Waals surface area contributed by atoms with E-state index in [1.165, 1.54) is 50.7 Å². The summed E-state index contributed by atoms with van der Waals surface area (Å²) in [6, 6.07) is 6.47. The van der Waals surface area contributed by atoms with Crippen molar-refractivity contribution >= 4 is 15.9 Å². The van der Waals surface area contributed by atoms with E-state index in [0.29, 0.717) is 12.2 Å². The normalized spacial score (nSPS) is 35.3. The zero-order chi connectivity index (χ0) is 21.6. The van der Waals surface area contributed by atoms with Crippen molar-refractivity contribution in [1.82, 2.24) is 10.0 Å². The maximum Gasteiger partial charge on any atom is 0.251 e. The number of benzene rings is 1. The van der Waals surface area contributed by atoms with Gasteiger partial charge in [-0.3, -0.25) is 4.79 Å². The first-order chi connectivity index (χ1) is 14.8. The molecule has 4 saturated carbocycles. The van der Waals surface area contributed by atoms with Gasteiger partial charge in [0, 0.05) is 24.8 Å². The lowest BCUT2D eigenvalue weighted by Gasteiger charge is -2.59. The van der Waals surface area contributed by atoms with Gasteiger partial charge in [-0.2, -0.15) is 0 Å². The molecule has 1 aromatic rings. The molecule has 170 valence electrons. The second-order valence-corrected chi connectivity index (χ2v) is 12.3. The zero-order valence-corrected chi connectivity index (χ0v) is 19.1. The number of hydrogen-bond donors (Lipinski definition) is 2. The molecular formula is C24H34N2O4S. The van der Waals surface area contributed by atoms with Crippen molar-refractivity contribution in [3.63, 3.8) is 0 Å². The third-order valence-electron chi connectivity index (χ3n) is 8.28. The molecule has 0 unspecified atom stereocenters. The van der Waals surface area contributed by atoms with Gasteiger partial charge in [-0.1, -0.05) is 6.07 Å². The predicted octanol–water partition coefficient (Wildman–Crippen LogP) is 3.48. The predicted molar refractivity (Wildman–Crippen MR) is 118 cm³/mol. The van der Waals surface area contributed by atoms with E-state index in [-0.39, 0.29) is 34.9 Å². The summed E-state index contributed by atoms with van der Waals surface area (Å²) in [4.78, 5) is 13.2. The number of ether oxygens (including phenoxy) is 1. The lowest BCUT2D eigenvalue weighted by molar-refractivity contribution is -0.0688. The van der Waals surface area contributed by atoms with Crippen LogP contribution in [0.25, 0.3) is 0 Å². The second-order valence-electron chi connectivity index (χ2n) is 10.5. The van der Waals surface area contributed by atoms with Gasteiger partial charge in [-0.15, -0.1) is 0 Å². The first-order valence-corrected chi connectivity index (χ1v) is 13.3. The van der Waals surface area contributed by atoms with Gasteiger partial charge in [0.25, 0.3) is 5.91 Å². The average Bonchev–Trinajstić information content (AvgIpc) is 3.25. The number of nitrogens with one attached hydrogen (secondary N) is 2. The van der Waals surface area contributed by atoms with Crippen LogP contribution in [-0.2, 0) is 14.8 Å². The third kappa shape index (κ3) is 4.29. The molecule has 0 spiro atoms. The zero-order valence-electron chi connectivity index (χ0n) is 18.3. The summed E-state index contributed by atoms with van der Waals surface area (Å²) in [5, 5.41) is 3.23. The Morgan fingerprint density at radius 2 is 1.84 bits per heavy atom. The fourth-order valence-electron chi connectivity index (χ4n) is 7.04. The molecular weight excluding hydrogens is 412 g/mol. The van der Waals surface area contributed by atoms with Crippen molar-refractivity contribution in [1.29, 1.82) is 0 Å². The van der Waals surface area contributed by atoms with Crippen molar-refractivity contribution in [2.45, 2.75) is 75.3 Å². The van der Waals surface area contributed by atoms with Crippen LogP contribution >= 0.6 is 0 Å². The lowest BCUT2D eigenvalue weighted by Crippen LogP contribution is -2.55. The summed E-state index contributed by atoms with van der Waals surface area (Å²) in [7, 11) is -3.68. The van der Waals surface area contributed by atoms with Gasteiger partial charge in [0.05, 0.1) is 11.0 Å². The molecule has 1 aromatic carbocycles. The monoisotopic (exact) mass is 446 g/mol. The summed E-state index contributed by atoms with van der Waals surface area (Å²) in [6.07, 6.45) is 9.56. The van der Waals surface area contributed by atoms with Gasteiger partial charge in [-0.25, -0.2) is 13.1 Å². The Labute approximate surface area is 185 Å². The van der Waals surface area contributed by atoms with Crippen molar-refractivity contribution in [2.75, 3.05) is 13.2 Å². The molecule has 5 fully saturated rings. The van der Waals surface area contributed by atoms with Crippen LogP contribution in [0.4, 0.5) is 0 Å². The standard InChI is InChI=1S/C24H34N2O4S/c1-16(24-12-17-8-18(13-24)10-19(9-17)14-24)26-23(27)20-4-2-6-22(11-20)31(28,29)25-15-21-5-3-7-30-21/h2,4,6,11,16-19,21,25H,3,5,7-10,12-15H2,1H3,(H,26,27)/t16-,17?,18?,19?,21-,24?/m0/s1. The highest BCUT2D eigenvalue weighted by atomic mass is 32.2. The maximum atomic E-state index is 13.0. The van der Waals surface area contributed by atoms with Crippen LogP contribution in [0.2, 0.25) is 0 Å². The smallest absolute Gasteiger partial charge is 0.251 e. The van der Waals surface area contributed by atoms with Gasteiger partial charge >= 0.3 is 0 Å². The van der Waals surface area contributed by atoms with E-state index in [1.54, 1.807) is 12.1 Å². The van der Waals surface area contributed by atoms with Crippen LogP contribution in [0.5, 0.6) is 0 Å². The molecule has 1 amide bonds. The SMILES string of the molecule is C[C@H](NC(=O)c1cccc(S(=O)(=O)NC[C@@H]2CCCO2)c1)C12CC3CC(CC(C3)C1)C2. The highest BCUT2D eigenvalue weighted by Gasteiger charge is 2.53. The van der Waals surface area contributed by atoms with Crippen molar-refractivity contribution in [3.05, 3.63) is 29.8 Å². The molecule has 7 heteroatoms. The Kier molecular flexibility index (Phi) is 5.64. The highest BCUT2D eigenvalue weighted by molar-refractivity contribution is 7.89. The molecule has 1 saturated heterocycles. The van der Waals surface area contributed by atoms with Crippen molar-refractivity contribution in [3.8, 4) is 0 Å². The van der Waals surface area contributed by atoms with E-state index in [2.05, 4.69) is 17.0 Å². The van der Waals surface area contributed by atoms with Crippen molar-refractivity contribution in [2.24, 2.45) is 23.2 Å². The Morgan fingerprint density at radius 3 is 2.45 bits per heavy atom. The first-order valence-electron chi connectivity index (χ1n) is 11.9.